The van der Waals surface area contributed by atoms with Crippen LogP contribution in [0.5, 0.6) is 0 Å². The fourth-order valence-corrected chi connectivity index (χ4v) is 3.19. The third-order valence-electron chi connectivity index (χ3n) is 1.18. The summed E-state index contributed by atoms with van der Waals surface area (Å²) in [6.07, 6.45) is 2.11. The molecule has 0 fully saturated rings. The second kappa shape index (κ2) is 7.37. The van der Waals surface area contributed by atoms with Gasteiger partial charge in [-0.15, -0.1) is 4.89 Å². The van der Waals surface area contributed by atoms with E-state index in [9.17, 15) is 4.57 Å². The van der Waals surface area contributed by atoms with E-state index in [0.29, 0.717) is 5.25 Å². The van der Waals surface area contributed by atoms with Gasteiger partial charge in [0.25, 0.3) is 0 Å². The number of hydrogen-bond acceptors (Lipinski definition) is 4. The summed E-state index contributed by atoms with van der Waals surface area (Å²) in [5.41, 5.74) is 0. The van der Waals surface area contributed by atoms with Gasteiger partial charge in [0.15, 0.2) is 0 Å². The van der Waals surface area contributed by atoms with Crippen molar-refractivity contribution in [3.63, 3.8) is 0 Å². The van der Waals surface area contributed by atoms with Gasteiger partial charge in [0.1, 0.15) is 11.1 Å². The molecule has 0 aromatic heterocycles. The summed E-state index contributed by atoms with van der Waals surface area (Å²) in [5, 5.41) is 0.509. The van der Waals surface area contributed by atoms with Crippen LogP contribution in [0.2, 0.25) is 0 Å². The normalized spacial score (nSPS) is 12.2. The van der Waals surface area contributed by atoms with Crippen LogP contribution >= 0.6 is 30.1 Å². The Morgan fingerprint density at radius 2 is 2.09 bits per heavy atom. The Morgan fingerprint density at radius 3 is 2.45 bits per heavy atom. The van der Waals surface area contributed by atoms with Crippen molar-refractivity contribution in [1.29, 1.82) is 0 Å². The van der Waals surface area contributed by atoms with Gasteiger partial charge < -0.3 is 0 Å². The van der Waals surface area contributed by atoms with E-state index in [1.54, 1.807) is 0 Å². The quantitative estimate of drug-likeness (QED) is 0.419. The average Bonchev–Trinajstić information content (AvgIpc) is 1.98. The van der Waals surface area contributed by atoms with Crippen LogP contribution in [0.25, 0.3) is 0 Å². The maximum atomic E-state index is 10.0. The van der Waals surface area contributed by atoms with Crippen LogP contribution in [0.1, 0.15) is 26.7 Å². The first-order valence-corrected chi connectivity index (χ1v) is 6.63. The van der Waals surface area contributed by atoms with Crippen molar-refractivity contribution in [2.75, 3.05) is 0 Å². The zero-order valence-electron chi connectivity index (χ0n) is 6.52. The lowest BCUT2D eigenvalue weighted by molar-refractivity contribution is 0.434. The number of hydrogen-bond donors (Lipinski definition) is 1. The number of rotatable bonds is 6. The van der Waals surface area contributed by atoms with Gasteiger partial charge in [0.05, 0.1) is 0 Å². The lowest BCUT2D eigenvalue weighted by Gasteiger charge is -2.05. The minimum atomic E-state index is -2.45. The molecule has 0 saturated heterocycles. The zero-order valence-corrected chi connectivity index (χ0v) is 9.05. The van der Waals surface area contributed by atoms with Gasteiger partial charge in [-0.1, -0.05) is 24.6 Å². The lowest BCUT2D eigenvalue weighted by Crippen LogP contribution is -1.94. The molecule has 0 rings (SSSR count). The van der Waals surface area contributed by atoms with E-state index in [4.69, 9.17) is 4.89 Å². The van der Waals surface area contributed by atoms with E-state index in [1.807, 2.05) is 0 Å². The lowest BCUT2D eigenvalue weighted by atomic mass is 10.3. The Hall–Kier alpha value is 0.720. The van der Waals surface area contributed by atoms with Gasteiger partial charge in [-0.2, -0.15) is 0 Å². The first-order chi connectivity index (χ1) is 5.20. The molecule has 66 valence electrons. The highest BCUT2D eigenvalue weighted by atomic mass is 33.1. The van der Waals surface area contributed by atoms with Crippen molar-refractivity contribution in [3.8, 4) is 0 Å². The molecule has 0 amide bonds. The fourth-order valence-electron chi connectivity index (χ4n) is 0.524. The summed E-state index contributed by atoms with van der Waals surface area (Å²) < 4.78 is 14.5. The average molecular weight is 215 g/mol. The summed E-state index contributed by atoms with van der Waals surface area (Å²) in [6, 6.07) is 0. The van der Waals surface area contributed by atoms with E-state index in [-0.39, 0.29) is 0 Å². The maximum Gasteiger partial charge on any atom is 0.708 e. The summed E-state index contributed by atoms with van der Waals surface area (Å²) in [6.45, 7) is 4.17. The Balaban J connectivity index is 3.28. The van der Waals surface area contributed by atoms with Gasteiger partial charge >= 0.3 is 8.25 Å². The van der Waals surface area contributed by atoms with E-state index < -0.39 is 8.25 Å². The first-order valence-electron chi connectivity index (χ1n) is 3.36. The summed E-state index contributed by atoms with van der Waals surface area (Å²) in [5.74, 6) is 0. The predicted octanol–water partition coefficient (Wildman–Crippen LogP) is 3.14. The van der Waals surface area contributed by atoms with Gasteiger partial charge in [0.2, 0.25) is 0 Å². The first kappa shape index (κ1) is 11.7. The Labute approximate surface area is 75.8 Å². The fraction of sp³-hybridized carbons (Fsp3) is 1.00. The molecule has 0 spiro atoms. The molecule has 1 atom stereocenters. The smallest absolute Gasteiger partial charge is 0.133 e. The molecule has 0 aliphatic carbocycles. The van der Waals surface area contributed by atoms with Crippen LogP contribution in [-0.4, -0.2) is 10.1 Å². The van der Waals surface area contributed by atoms with Crippen LogP contribution in [-0.2, 0) is 8.54 Å². The molecule has 3 nitrogen and oxygen atoms in total. The van der Waals surface area contributed by atoms with Crippen LogP contribution in [0.3, 0.4) is 0 Å². The molecule has 0 aromatic rings. The Kier molecular flexibility index (Phi) is 7.86. The van der Waals surface area contributed by atoms with E-state index in [1.165, 1.54) is 10.8 Å². The van der Waals surface area contributed by atoms with E-state index >= 15 is 0 Å². The monoisotopic (exact) mass is 215 g/mol. The van der Waals surface area contributed by atoms with E-state index in [2.05, 4.69) is 17.8 Å². The van der Waals surface area contributed by atoms with E-state index in [0.717, 1.165) is 23.9 Å². The third kappa shape index (κ3) is 7.09. The van der Waals surface area contributed by atoms with Crippen LogP contribution in [0.15, 0.2) is 0 Å². The highest BCUT2D eigenvalue weighted by molar-refractivity contribution is 8.75. The van der Waals surface area contributed by atoms with Crippen molar-refractivity contribution in [1.82, 2.24) is 0 Å². The Bertz CT molecular complexity index is 118. The van der Waals surface area contributed by atoms with Crippen LogP contribution in [0, 0.1) is 0 Å². The predicted molar refractivity (Wildman–Crippen MR) is 50.5 cm³/mol. The SMILES string of the molecule is CCC(CC)SSO[P+](=O)O. The van der Waals surface area contributed by atoms with Crippen molar-refractivity contribution < 1.29 is 13.4 Å². The van der Waals surface area contributed by atoms with Gasteiger partial charge in [-0.25, -0.2) is 0 Å². The molecule has 11 heavy (non-hydrogen) atoms. The summed E-state index contributed by atoms with van der Waals surface area (Å²) in [7, 11) is -0.949. The minimum absolute atomic E-state index is 0.509. The molecule has 0 aromatic carbocycles. The second-order valence-electron chi connectivity index (χ2n) is 1.92. The standard InChI is InChI=1S/C5H11O3PS2/c1-3-5(4-2)10-11-8-9(6)7/h5H,3-4H2,1-2H3/p+1. The molecule has 0 radical (unpaired) electrons. The largest absolute Gasteiger partial charge is 0.708 e. The summed E-state index contributed by atoms with van der Waals surface area (Å²) >= 11 is 1.00. The van der Waals surface area contributed by atoms with Gasteiger partial charge in [-0.05, 0) is 16.8 Å². The van der Waals surface area contributed by atoms with Crippen LogP contribution < -0.4 is 0 Å². The molecular formula is C5H12O3PS2+. The molecular weight excluding hydrogens is 203 g/mol. The zero-order chi connectivity index (χ0) is 8.69. The van der Waals surface area contributed by atoms with Crippen molar-refractivity contribution in [2.45, 2.75) is 31.9 Å². The summed E-state index contributed by atoms with van der Waals surface area (Å²) in [4.78, 5) is 8.26. The molecule has 1 N–H and O–H groups in total. The molecule has 6 heteroatoms. The second-order valence-corrected chi connectivity index (χ2v) is 4.97. The minimum Gasteiger partial charge on any atom is -0.133 e. The van der Waals surface area contributed by atoms with Crippen LogP contribution in [0.4, 0.5) is 0 Å². The topological polar surface area (TPSA) is 46.5 Å². The van der Waals surface area contributed by atoms with Crippen molar-refractivity contribution in [2.24, 2.45) is 0 Å². The molecule has 1 unspecified atom stereocenters. The van der Waals surface area contributed by atoms with Crippen molar-refractivity contribution >= 4 is 30.1 Å². The molecule has 0 aliphatic rings. The molecule has 0 saturated carbocycles. The van der Waals surface area contributed by atoms with Gasteiger partial charge in [0, 0.05) is 9.81 Å². The maximum absolute atomic E-state index is 10.0. The Morgan fingerprint density at radius 1 is 1.55 bits per heavy atom. The van der Waals surface area contributed by atoms with Gasteiger partial charge in [-0.3, -0.25) is 0 Å². The molecule has 0 bridgehead atoms. The molecule has 0 aliphatic heterocycles. The molecule has 0 heterocycles. The van der Waals surface area contributed by atoms with Crippen molar-refractivity contribution in [3.05, 3.63) is 0 Å². The third-order valence-corrected chi connectivity index (χ3v) is 4.55. The highest BCUT2D eigenvalue weighted by Crippen LogP contribution is 2.37. The highest BCUT2D eigenvalue weighted by Gasteiger charge is 2.15.